The molecule has 1 aromatic rings. The predicted octanol–water partition coefficient (Wildman–Crippen LogP) is 3.60. The molecule has 1 atom stereocenters. The molecule has 122 valence electrons. The Morgan fingerprint density at radius 1 is 1.36 bits per heavy atom. The Balaban J connectivity index is 2.42. The minimum atomic E-state index is -0.432. The molecule has 0 aliphatic carbocycles. The number of hydrazine groups is 1. The molecule has 0 saturated heterocycles. The highest BCUT2D eigenvalue weighted by molar-refractivity contribution is 7.80. The zero-order valence-corrected chi connectivity index (χ0v) is 13.9. The Labute approximate surface area is 136 Å². The highest BCUT2D eigenvalue weighted by Crippen LogP contribution is 2.22. The Bertz CT molecular complexity index is 496. The molecular formula is C15H24N4O2S. The monoisotopic (exact) mass is 324 g/mol. The number of hydrogen-bond acceptors (Lipinski definition) is 4. The van der Waals surface area contributed by atoms with E-state index in [-0.39, 0.29) is 5.69 Å². The second kappa shape index (κ2) is 9.94. The molecule has 0 bridgehead atoms. The topological polar surface area (TPSA) is 79.2 Å². The number of unbranched alkanes of at least 4 members (excludes halogenated alkanes) is 1. The Hall–Kier alpha value is -1.89. The molecule has 0 spiro atoms. The van der Waals surface area contributed by atoms with Gasteiger partial charge in [-0.1, -0.05) is 45.2 Å². The van der Waals surface area contributed by atoms with Gasteiger partial charge in [-0.25, -0.2) is 0 Å². The summed E-state index contributed by atoms with van der Waals surface area (Å²) in [6.45, 7) is 5.16. The molecule has 0 fully saturated rings. The van der Waals surface area contributed by atoms with E-state index in [2.05, 4.69) is 30.0 Å². The number of nitro benzene ring substituents is 1. The van der Waals surface area contributed by atoms with Crippen molar-refractivity contribution in [3.63, 3.8) is 0 Å². The first-order valence-corrected chi connectivity index (χ1v) is 8.02. The first-order valence-electron chi connectivity index (χ1n) is 7.61. The maximum atomic E-state index is 10.9. The van der Waals surface area contributed by atoms with Crippen molar-refractivity contribution in [2.24, 2.45) is 5.92 Å². The maximum absolute atomic E-state index is 10.9. The number of rotatable bonds is 9. The molecule has 0 unspecified atom stereocenters. The number of nitrogens with zero attached hydrogens (tertiary/aromatic N) is 1. The standard InChI is InChI=1S/C15H24N4O2S/c1-3-5-8-12(4-2)11-16-15(22)18-17-13-9-6-7-10-14(13)19(20)21/h6-7,9-10,12,17H,3-5,8,11H2,1-2H3,(H2,16,18,22)/t12-/m1/s1. The molecule has 0 aliphatic rings. The van der Waals surface area contributed by atoms with Crippen LogP contribution in [-0.4, -0.2) is 16.6 Å². The van der Waals surface area contributed by atoms with Crippen LogP contribution in [0.4, 0.5) is 11.4 Å². The summed E-state index contributed by atoms with van der Waals surface area (Å²) in [4.78, 5) is 10.5. The first-order chi connectivity index (χ1) is 10.6. The van der Waals surface area contributed by atoms with Gasteiger partial charge in [0, 0.05) is 12.6 Å². The van der Waals surface area contributed by atoms with Crippen LogP contribution in [0.5, 0.6) is 0 Å². The van der Waals surface area contributed by atoms with Crippen molar-refractivity contribution in [2.45, 2.75) is 39.5 Å². The number of anilines is 1. The molecule has 0 aliphatic heterocycles. The van der Waals surface area contributed by atoms with E-state index in [0.717, 1.165) is 13.0 Å². The third kappa shape index (κ3) is 6.26. The van der Waals surface area contributed by atoms with Gasteiger partial charge in [0.1, 0.15) is 5.69 Å². The van der Waals surface area contributed by atoms with Crippen LogP contribution in [0.2, 0.25) is 0 Å². The summed E-state index contributed by atoms with van der Waals surface area (Å²) in [5.74, 6) is 0.589. The van der Waals surface area contributed by atoms with Gasteiger partial charge in [0.15, 0.2) is 5.11 Å². The zero-order valence-electron chi connectivity index (χ0n) is 13.1. The van der Waals surface area contributed by atoms with Gasteiger partial charge < -0.3 is 5.32 Å². The third-order valence-corrected chi connectivity index (χ3v) is 3.75. The zero-order chi connectivity index (χ0) is 16.4. The SMILES string of the molecule is CCCC[C@@H](CC)CNC(=S)NNc1ccccc1[N+](=O)[O-]. The number of hydrogen-bond donors (Lipinski definition) is 3. The van der Waals surface area contributed by atoms with Crippen LogP contribution in [0.25, 0.3) is 0 Å². The van der Waals surface area contributed by atoms with Crippen LogP contribution >= 0.6 is 12.2 Å². The molecule has 0 aromatic heterocycles. The van der Waals surface area contributed by atoms with Crippen LogP contribution < -0.4 is 16.2 Å². The lowest BCUT2D eigenvalue weighted by atomic mass is 9.99. The van der Waals surface area contributed by atoms with E-state index in [4.69, 9.17) is 12.2 Å². The average molecular weight is 324 g/mol. The average Bonchev–Trinajstić information content (AvgIpc) is 2.53. The first kappa shape index (κ1) is 18.2. The van der Waals surface area contributed by atoms with Gasteiger partial charge in [-0.2, -0.15) is 0 Å². The summed E-state index contributed by atoms with van der Waals surface area (Å²) in [6, 6.07) is 6.42. The molecule has 0 radical (unpaired) electrons. The van der Waals surface area contributed by atoms with Crippen molar-refractivity contribution in [1.29, 1.82) is 0 Å². The molecule has 22 heavy (non-hydrogen) atoms. The number of para-hydroxylation sites is 2. The van der Waals surface area contributed by atoms with Crippen molar-refractivity contribution in [3.05, 3.63) is 34.4 Å². The van der Waals surface area contributed by atoms with Gasteiger partial charge >= 0.3 is 0 Å². The predicted molar refractivity (Wildman–Crippen MR) is 93.8 cm³/mol. The van der Waals surface area contributed by atoms with Crippen molar-refractivity contribution >= 4 is 28.7 Å². The van der Waals surface area contributed by atoms with Gasteiger partial charge in [0.05, 0.1) is 4.92 Å². The molecule has 0 saturated carbocycles. The Morgan fingerprint density at radius 3 is 2.73 bits per heavy atom. The third-order valence-electron chi connectivity index (χ3n) is 3.51. The van der Waals surface area contributed by atoms with Crippen LogP contribution in [-0.2, 0) is 0 Å². The van der Waals surface area contributed by atoms with Crippen molar-refractivity contribution in [1.82, 2.24) is 10.7 Å². The lowest BCUT2D eigenvalue weighted by Gasteiger charge is -2.17. The molecule has 1 aromatic carbocycles. The fourth-order valence-electron chi connectivity index (χ4n) is 2.09. The molecule has 0 heterocycles. The lowest BCUT2D eigenvalue weighted by Crippen LogP contribution is -2.41. The summed E-state index contributed by atoms with van der Waals surface area (Å²) in [5, 5.41) is 14.5. The van der Waals surface area contributed by atoms with E-state index >= 15 is 0 Å². The van der Waals surface area contributed by atoms with Gasteiger partial charge in [0.25, 0.3) is 5.69 Å². The molecule has 3 N–H and O–H groups in total. The van der Waals surface area contributed by atoms with E-state index in [1.165, 1.54) is 25.3 Å². The number of nitrogens with one attached hydrogen (secondary N) is 3. The minimum Gasteiger partial charge on any atom is -0.361 e. The fourth-order valence-corrected chi connectivity index (χ4v) is 2.22. The lowest BCUT2D eigenvalue weighted by molar-refractivity contribution is -0.384. The molecule has 0 amide bonds. The molecule has 7 heteroatoms. The van der Waals surface area contributed by atoms with Crippen molar-refractivity contribution in [3.8, 4) is 0 Å². The Kier molecular flexibility index (Phi) is 8.21. The number of nitro groups is 1. The smallest absolute Gasteiger partial charge is 0.294 e. The quantitative estimate of drug-likeness (QED) is 0.366. The van der Waals surface area contributed by atoms with Crippen LogP contribution in [0.15, 0.2) is 24.3 Å². The van der Waals surface area contributed by atoms with E-state index in [0.29, 0.717) is 16.7 Å². The van der Waals surface area contributed by atoms with Crippen molar-refractivity contribution in [2.75, 3.05) is 12.0 Å². The molecular weight excluding hydrogens is 300 g/mol. The van der Waals surface area contributed by atoms with Crippen molar-refractivity contribution < 1.29 is 4.92 Å². The molecule has 6 nitrogen and oxygen atoms in total. The van der Waals surface area contributed by atoms with Gasteiger partial charge in [-0.3, -0.25) is 21.0 Å². The fraction of sp³-hybridized carbons (Fsp3) is 0.533. The number of thiocarbonyl (C=S) groups is 1. The summed E-state index contributed by atoms with van der Waals surface area (Å²) < 4.78 is 0. The highest BCUT2D eigenvalue weighted by Gasteiger charge is 2.12. The minimum absolute atomic E-state index is 0.00665. The van der Waals surface area contributed by atoms with Gasteiger partial charge in [-0.15, -0.1) is 0 Å². The summed E-state index contributed by atoms with van der Waals surface area (Å²) >= 11 is 5.19. The summed E-state index contributed by atoms with van der Waals surface area (Å²) in [7, 11) is 0. The van der Waals surface area contributed by atoms with E-state index in [1.807, 2.05) is 0 Å². The molecule has 1 rings (SSSR count). The van der Waals surface area contributed by atoms with Gasteiger partial charge in [0.2, 0.25) is 0 Å². The van der Waals surface area contributed by atoms with Crippen LogP contribution in [0, 0.1) is 16.0 Å². The van der Waals surface area contributed by atoms with Crippen LogP contribution in [0.1, 0.15) is 39.5 Å². The summed E-state index contributed by atoms with van der Waals surface area (Å²) in [6.07, 6.45) is 4.70. The second-order valence-electron chi connectivity index (χ2n) is 5.15. The van der Waals surface area contributed by atoms with Gasteiger partial charge in [-0.05, 0) is 30.6 Å². The normalized spacial score (nSPS) is 11.5. The number of benzene rings is 1. The maximum Gasteiger partial charge on any atom is 0.294 e. The van der Waals surface area contributed by atoms with Crippen LogP contribution in [0.3, 0.4) is 0 Å². The summed E-state index contributed by atoms with van der Waals surface area (Å²) in [5.41, 5.74) is 5.97. The van der Waals surface area contributed by atoms with E-state index < -0.39 is 4.92 Å². The van der Waals surface area contributed by atoms with E-state index in [9.17, 15) is 10.1 Å². The second-order valence-corrected chi connectivity index (χ2v) is 5.56. The highest BCUT2D eigenvalue weighted by atomic mass is 32.1. The Morgan fingerprint density at radius 2 is 2.09 bits per heavy atom. The largest absolute Gasteiger partial charge is 0.361 e. The van der Waals surface area contributed by atoms with E-state index in [1.54, 1.807) is 18.2 Å².